The molecule has 1 saturated heterocycles. The van der Waals surface area contributed by atoms with Gasteiger partial charge >= 0.3 is 0 Å². The maximum Gasteiger partial charge on any atom is 0.253 e. The van der Waals surface area contributed by atoms with Gasteiger partial charge in [0, 0.05) is 25.6 Å². The summed E-state index contributed by atoms with van der Waals surface area (Å²) in [7, 11) is -0.146. The molecule has 0 saturated carbocycles. The van der Waals surface area contributed by atoms with Gasteiger partial charge in [-0.3, -0.25) is 0 Å². The Balaban J connectivity index is 2.01. The molecule has 0 aromatic carbocycles. The number of aromatic nitrogens is 3. The number of rotatable bonds is 4. The van der Waals surface area contributed by atoms with Gasteiger partial charge in [-0.05, 0) is 25.5 Å². The average Bonchev–Trinajstić information content (AvgIpc) is 3.17. The lowest BCUT2D eigenvalue weighted by Gasteiger charge is -2.22. The second kappa shape index (κ2) is 5.73. The highest BCUT2D eigenvalue weighted by molar-refractivity contribution is 7.91. The van der Waals surface area contributed by atoms with E-state index in [2.05, 4.69) is 10.2 Å². The fraction of sp³-hybridized carbons (Fsp3) is 0.538. The van der Waals surface area contributed by atoms with E-state index in [9.17, 15) is 8.42 Å². The third kappa shape index (κ3) is 2.58. The van der Waals surface area contributed by atoms with Gasteiger partial charge in [-0.1, -0.05) is 0 Å². The summed E-state index contributed by atoms with van der Waals surface area (Å²) >= 11 is 1.28. The predicted molar refractivity (Wildman–Crippen MR) is 82.1 cm³/mol. The van der Waals surface area contributed by atoms with Gasteiger partial charge in [0.2, 0.25) is 0 Å². The largest absolute Gasteiger partial charge is 0.380 e. The zero-order valence-corrected chi connectivity index (χ0v) is 14.3. The van der Waals surface area contributed by atoms with Crippen LogP contribution in [0.2, 0.25) is 0 Å². The van der Waals surface area contributed by atoms with Crippen molar-refractivity contribution in [2.45, 2.75) is 29.7 Å². The third-order valence-corrected chi connectivity index (χ3v) is 7.22. The summed E-state index contributed by atoms with van der Waals surface area (Å²) < 4.78 is 34.9. The van der Waals surface area contributed by atoms with Gasteiger partial charge in [-0.15, -0.1) is 21.5 Å². The van der Waals surface area contributed by atoms with Crippen molar-refractivity contribution < 1.29 is 13.2 Å². The molecule has 0 amide bonds. The zero-order valence-electron chi connectivity index (χ0n) is 12.6. The molecule has 2 aromatic rings. The molecule has 7 nitrogen and oxygen atoms in total. The van der Waals surface area contributed by atoms with Gasteiger partial charge in [0.05, 0.1) is 12.1 Å². The number of hydrogen-bond acceptors (Lipinski definition) is 6. The van der Waals surface area contributed by atoms with Crippen LogP contribution >= 0.6 is 11.3 Å². The highest BCUT2D eigenvalue weighted by Gasteiger charge is 2.43. The lowest BCUT2D eigenvalue weighted by molar-refractivity contribution is 0.114. The molecule has 120 valence electrons. The Morgan fingerprint density at radius 1 is 1.41 bits per heavy atom. The van der Waals surface area contributed by atoms with E-state index in [4.69, 9.17) is 4.74 Å². The van der Waals surface area contributed by atoms with Crippen molar-refractivity contribution in [2.75, 3.05) is 13.7 Å². The Morgan fingerprint density at radius 3 is 2.73 bits per heavy atom. The van der Waals surface area contributed by atoms with Gasteiger partial charge in [0.25, 0.3) is 10.0 Å². The summed E-state index contributed by atoms with van der Waals surface area (Å²) in [5.41, 5.74) is 0. The molecule has 0 unspecified atom stereocenters. The van der Waals surface area contributed by atoms with Crippen LogP contribution in [0.4, 0.5) is 0 Å². The summed E-state index contributed by atoms with van der Waals surface area (Å²) in [4.78, 5) is 0.969. The molecule has 3 heterocycles. The topological polar surface area (TPSA) is 77.3 Å². The second-order valence-corrected chi connectivity index (χ2v) is 8.75. The van der Waals surface area contributed by atoms with Gasteiger partial charge in [0.1, 0.15) is 10.5 Å². The second-order valence-electron chi connectivity index (χ2n) is 5.35. The Kier molecular flexibility index (Phi) is 4.06. The fourth-order valence-corrected chi connectivity index (χ4v) is 5.74. The summed E-state index contributed by atoms with van der Waals surface area (Å²) in [6.45, 7) is 2.22. The number of hydrogen-bond donors (Lipinski definition) is 0. The summed E-state index contributed by atoms with van der Waals surface area (Å²) in [5, 5.41) is 7.95. The highest BCUT2D eigenvalue weighted by Crippen LogP contribution is 2.38. The van der Waals surface area contributed by atoms with Crippen LogP contribution in [-0.2, 0) is 21.8 Å². The molecule has 1 fully saturated rings. The molecule has 0 N–H and O–H groups in total. The average molecular weight is 342 g/mol. The number of aryl methyl sites for hydroxylation is 2. The molecule has 1 aliphatic rings. The van der Waals surface area contributed by atoms with Crippen LogP contribution in [0.5, 0.6) is 0 Å². The maximum absolute atomic E-state index is 12.9. The highest BCUT2D eigenvalue weighted by atomic mass is 32.2. The smallest absolute Gasteiger partial charge is 0.253 e. The maximum atomic E-state index is 12.9. The lowest BCUT2D eigenvalue weighted by atomic mass is 10.2. The fourth-order valence-electron chi connectivity index (χ4n) is 2.70. The molecular weight excluding hydrogens is 324 g/mol. The van der Waals surface area contributed by atoms with Crippen LogP contribution in [0, 0.1) is 6.92 Å². The van der Waals surface area contributed by atoms with E-state index >= 15 is 0 Å². The van der Waals surface area contributed by atoms with Crippen molar-refractivity contribution in [3.8, 4) is 0 Å². The predicted octanol–water partition coefficient (Wildman–Crippen LogP) is 1.34. The minimum atomic E-state index is -3.56. The Morgan fingerprint density at radius 2 is 2.18 bits per heavy atom. The van der Waals surface area contributed by atoms with Crippen LogP contribution in [0.3, 0.4) is 0 Å². The molecule has 22 heavy (non-hydrogen) atoms. The molecule has 0 bridgehead atoms. The van der Waals surface area contributed by atoms with E-state index in [1.807, 2.05) is 20.0 Å². The summed E-state index contributed by atoms with van der Waals surface area (Å²) in [6.07, 6.45) is 2.01. The van der Waals surface area contributed by atoms with Crippen LogP contribution < -0.4 is 0 Å². The van der Waals surface area contributed by atoms with Crippen LogP contribution in [0.15, 0.2) is 22.7 Å². The summed E-state index contributed by atoms with van der Waals surface area (Å²) in [5.74, 6) is 0.636. The van der Waals surface area contributed by atoms with E-state index in [0.29, 0.717) is 23.0 Å². The standard InChI is InChI=1S/C13H18N4O3S2/c1-9-4-5-12(21-9)22(18,19)17-7-10(20-3)6-11(17)13-15-14-8-16(13)2/h4-5,8,10-11H,6-7H2,1-3H3/t10-,11+/m1/s1. The molecule has 0 radical (unpaired) electrons. The van der Waals surface area contributed by atoms with Crippen molar-refractivity contribution in [2.24, 2.45) is 7.05 Å². The van der Waals surface area contributed by atoms with Gasteiger partial charge in [-0.2, -0.15) is 4.31 Å². The number of ether oxygens (including phenoxy) is 1. The third-order valence-electron chi connectivity index (χ3n) is 3.87. The number of methoxy groups -OCH3 is 1. The number of thiophene rings is 1. The summed E-state index contributed by atoms with van der Waals surface area (Å²) in [6, 6.07) is 3.12. The van der Waals surface area contributed by atoms with E-state index in [1.54, 1.807) is 24.1 Å². The number of sulfonamides is 1. The van der Waals surface area contributed by atoms with Crippen molar-refractivity contribution >= 4 is 21.4 Å². The van der Waals surface area contributed by atoms with Crippen LogP contribution in [0.1, 0.15) is 23.2 Å². The molecule has 1 aliphatic heterocycles. The molecule has 2 atom stereocenters. The zero-order chi connectivity index (χ0) is 15.9. The molecular formula is C13H18N4O3S2. The molecule has 3 rings (SSSR count). The molecule has 2 aromatic heterocycles. The monoisotopic (exact) mass is 342 g/mol. The SMILES string of the molecule is CO[C@@H]1C[C@@H](c2nncn2C)N(S(=O)(=O)c2ccc(C)s2)C1. The van der Waals surface area contributed by atoms with Crippen molar-refractivity contribution in [1.82, 2.24) is 19.1 Å². The molecule has 0 spiro atoms. The van der Waals surface area contributed by atoms with E-state index in [1.165, 1.54) is 15.6 Å². The minimum Gasteiger partial charge on any atom is -0.380 e. The lowest BCUT2D eigenvalue weighted by Crippen LogP contribution is -2.32. The quantitative estimate of drug-likeness (QED) is 0.838. The van der Waals surface area contributed by atoms with Crippen LogP contribution in [-0.4, -0.2) is 47.2 Å². The van der Waals surface area contributed by atoms with Crippen molar-refractivity contribution in [3.05, 3.63) is 29.2 Å². The van der Waals surface area contributed by atoms with Crippen molar-refractivity contribution in [3.63, 3.8) is 0 Å². The van der Waals surface area contributed by atoms with E-state index < -0.39 is 10.0 Å². The minimum absolute atomic E-state index is 0.141. The number of nitrogens with zero attached hydrogens (tertiary/aromatic N) is 4. The van der Waals surface area contributed by atoms with Crippen LogP contribution in [0.25, 0.3) is 0 Å². The molecule has 9 heteroatoms. The first-order chi connectivity index (χ1) is 10.4. The van der Waals surface area contributed by atoms with Gasteiger partial charge < -0.3 is 9.30 Å². The van der Waals surface area contributed by atoms with Gasteiger partial charge in [-0.25, -0.2) is 8.42 Å². The first kappa shape index (κ1) is 15.6. The van der Waals surface area contributed by atoms with E-state index in [-0.39, 0.29) is 12.1 Å². The molecule has 0 aliphatic carbocycles. The van der Waals surface area contributed by atoms with Crippen molar-refractivity contribution in [1.29, 1.82) is 0 Å². The first-order valence-corrected chi connectivity index (χ1v) is 9.14. The van der Waals surface area contributed by atoms with E-state index in [0.717, 1.165) is 4.88 Å². The normalized spacial score (nSPS) is 23.2. The Labute approximate surface area is 133 Å². The first-order valence-electron chi connectivity index (χ1n) is 6.88. The Bertz CT molecular complexity index is 768. The Hall–Kier alpha value is -1.29. The van der Waals surface area contributed by atoms with Gasteiger partial charge in [0.15, 0.2) is 5.82 Å².